The van der Waals surface area contributed by atoms with Crippen LogP contribution in [0.15, 0.2) is 6.20 Å². The van der Waals surface area contributed by atoms with E-state index in [9.17, 15) is 4.79 Å². The molecule has 0 saturated heterocycles. The number of amides is 1. The molecule has 5 heteroatoms. The fourth-order valence-corrected chi connectivity index (χ4v) is 2.22. The second-order valence-corrected chi connectivity index (χ2v) is 4.57. The van der Waals surface area contributed by atoms with Crippen LogP contribution in [0.3, 0.4) is 0 Å². The summed E-state index contributed by atoms with van der Waals surface area (Å²) in [6.45, 7) is 12.0. The Hall–Kier alpha value is -1.65. The van der Waals surface area contributed by atoms with Crippen LogP contribution in [0.1, 0.15) is 46.9 Å². The summed E-state index contributed by atoms with van der Waals surface area (Å²) in [4.78, 5) is 22.6. The molecule has 5 nitrogen and oxygen atoms in total. The second kappa shape index (κ2) is 6.50. The van der Waals surface area contributed by atoms with Crippen molar-refractivity contribution in [2.24, 2.45) is 0 Å². The predicted molar refractivity (Wildman–Crippen MR) is 78.4 cm³/mol. The van der Waals surface area contributed by atoms with Gasteiger partial charge >= 0.3 is 0 Å². The standard InChI is InChI=1S/C12H18N4O.C2H6/c1-5-10-12(17)15-9-6-13-8(4)14-11(9)16(10)7(2)3;1-2/h6-7,10H,5H2,1-4H3,(H,15,17);1-2H3. The Balaban J connectivity index is 0.000000861. The number of carbonyl (C=O) groups is 1. The molecule has 106 valence electrons. The van der Waals surface area contributed by atoms with E-state index in [1.807, 2.05) is 27.7 Å². The lowest BCUT2D eigenvalue weighted by molar-refractivity contribution is -0.117. The van der Waals surface area contributed by atoms with Crippen LogP contribution in [0.2, 0.25) is 0 Å². The van der Waals surface area contributed by atoms with Gasteiger partial charge in [0.2, 0.25) is 5.91 Å². The highest BCUT2D eigenvalue weighted by Crippen LogP contribution is 2.31. The number of nitrogens with zero attached hydrogens (tertiary/aromatic N) is 3. The van der Waals surface area contributed by atoms with E-state index < -0.39 is 0 Å². The molecule has 1 aliphatic rings. The maximum Gasteiger partial charge on any atom is 0.247 e. The first-order valence-corrected chi connectivity index (χ1v) is 6.97. The highest BCUT2D eigenvalue weighted by Gasteiger charge is 2.34. The number of aromatic nitrogens is 2. The van der Waals surface area contributed by atoms with Crippen molar-refractivity contribution < 1.29 is 4.79 Å². The monoisotopic (exact) mass is 264 g/mol. The van der Waals surface area contributed by atoms with Gasteiger partial charge in [-0.15, -0.1) is 0 Å². The molecule has 0 aliphatic carbocycles. The highest BCUT2D eigenvalue weighted by molar-refractivity contribution is 6.02. The molecular weight excluding hydrogens is 240 g/mol. The third-order valence-electron chi connectivity index (χ3n) is 2.97. The van der Waals surface area contributed by atoms with Crippen LogP contribution in [-0.4, -0.2) is 28.0 Å². The van der Waals surface area contributed by atoms with Gasteiger partial charge in [0.25, 0.3) is 0 Å². The molecule has 0 aromatic carbocycles. The molecule has 1 atom stereocenters. The topological polar surface area (TPSA) is 58.1 Å². The molecule has 2 heterocycles. The van der Waals surface area contributed by atoms with E-state index >= 15 is 0 Å². The molecule has 2 rings (SSSR count). The summed E-state index contributed by atoms with van der Waals surface area (Å²) in [5, 5.41) is 2.87. The highest BCUT2D eigenvalue weighted by atomic mass is 16.2. The lowest BCUT2D eigenvalue weighted by Gasteiger charge is -2.39. The zero-order valence-corrected chi connectivity index (χ0v) is 12.7. The van der Waals surface area contributed by atoms with Crippen molar-refractivity contribution >= 4 is 17.4 Å². The molecule has 1 N–H and O–H groups in total. The number of hydrogen-bond acceptors (Lipinski definition) is 4. The number of carbonyl (C=O) groups excluding carboxylic acids is 1. The number of anilines is 2. The van der Waals surface area contributed by atoms with Gasteiger partial charge in [0, 0.05) is 6.04 Å². The number of nitrogens with one attached hydrogen (secondary N) is 1. The summed E-state index contributed by atoms with van der Waals surface area (Å²) < 4.78 is 0. The number of aryl methyl sites for hydroxylation is 1. The minimum absolute atomic E-state index is 0.0288. The molecule has 1 amide bonds. The third kappa shape index (κ3) is 3.03. The van der Waals surface area contributed by atoms with E-state index in [-0.39, 0.29) is 18.0 Å². The zero-order chi connectivity index (χ0) is 14.6. The van der Waals surface area contributed by atoms with E-state index in [4.69, 9.17) is 0 Å². The average Bonchev–Trinajstić information content (AvgIpc) is 2.39. The van der Waals surface area contributed by atoms with Crippen LogP contribution in [0.4, 0.5) is 11.5 Å². The second-order valence-electron chi connectivity index (χ2n) is 4.57. The Bertz CT molecular complexity index is 445. The lowest BCUT2D eigenvalue weighted by atomic mass is 10.1. The Morgan fingerprint density at radius 1 is 1.42 bits per heavy atom. The van der Waals surface area contributed by atoms with Gasteiger partial charge < -0.3 is 10.2 Å². The fourth-order valence-electron chi connectivity index (χ4n) is 2.22. The normalized spacial score (nSPS) is 17.5. The molecule has 0 fully saturated rings. The quantitative estimate of drug-likeness (QED) is 0.892. The van der Waals surface area contributed by atoms with Crippen LogP contribution < -0.4 is 10.2 Å². The number of rotatable bonds is 2. The summed E-state index contributed by atoms with van der Waals surface area (Å²) in [6.07, 6.45) is 2.45. The average molecular weight is 264 g/mol. The van der Waals surface area contributed by atoms with E-state index in [1.54, 1.807) is 6.20 Å². The summed E-state index contributed by atoms with van der Waals surface area (Å²) in [5.41, 5.74) is 0.707. The van der Waals surface area contributed by atoms with Gasteiger partial charge in [0.05, 0.1) is 6.20 Å². The smallest absolute Gasteiger partial charge is 0.247 e. The molecule has 0 radical (unpaired) electrons. The summed E-state index contributed by atoms with van der Waals surface area (Å²) in [7, 11) is 0. The summed E-state index contributed by atoms with van der Waals surface area (Å²) in [6, 6.07) is 0.0934. The number of hydrogen-bond donors (Lipinski definition) is 1. The zero-order valence-electron chi connectivity index (χ0n) is 12.7. The summed E-state index contributed by atoms with van der Waals surface area (Å²) >= 11 is 0. The van der Waals surface area contributed by atoms with Crippen LogP contribution in [0, 0.1) is 6.92 Å². The van der Waals surface area contributed by atoms with Crippen molar-refractivity contribution in [3.63, 3.8) is 0 Å². The molecule has 0 bridgehead atoms. The van der Waals surface area contributed by atoms with Crippen LogP contribution in [0.25, 0.3) is 0 Å². The van der Waals surface area contributed by atoms with Gasteiger partial charge in [0.1, 0.15) is 17.6 Å². The molecule has 1 aromatic heterocycles. The van der Waals surface area contributed by atoms with Gasteiger partial charge in [-0.3, -0.25) is 4.79 Å². The fraction of sp³-hybridized carbons (Fsp3) is 0.643. The van der Waals surface area contributed by atoms with Crippen LogP contribution >= 0.6 is 0 Å². The maximum atomic E-state index is 12.0. The van der Waals surface area contributed by atoms with Crippen LogP contribution in [-0.2, 0) is 4.79 Å². The molecule has 0 spiro atoms. The molecule has 0 saturated carbocycles. The Morgan fingerprint density at radius 2 is 2.05 bits per heavy atom. The number of fused-ring (bicyclic) bond motifs is 1. The molecule has 1 unspecified atom stereocenters. The molecular formula is C14H24N4O. The van der Waals surface area contributed by atoms with Gasteiger partial charge in [0.15, 0.2) is 5.82 Å². The Labute approximate surface area is 115 Å². The van der Waals surface area contributed by atoms with Crippen molar-refractivity contribution in [3.8, 4) is 0 Å². The minimum Gasteiger partial charge on any atom is -0.340 e. The van der Waals surface area contributed by atoms with Crippen molar-refractivity contribution in [2.45, 2.75) is 60.0 Å². The SMILES string of the molecule is CC.CCC1C(=O)Nc2cnc(C)nc2N1C(C)C. The van der Waals surface area contributed by atoms with Crippen molar-refractivity contribution in [2.75, 3.05) is 10.2 Å². The first-order valence-electron chi connectivity index (χ1n) is 6.97. The first kappa shape index (κ1) is 15.4. The first-order chi connectivity index (χ1) is 9.04. The lowest BCUT2D eigenvalue weighted by Crippen LogP contribution is -2.51. The minimum atomic E-state index is -0.142. The van der Waals surface area contributed by atoms with Gasteiger partial charge in [-0.1, -0.05) is 20.8 Å². The van der Waals surface area contributed by atoms with Crippen molar-refractivity contribution in [1.82, 2.24) is 9.97 Å². The molecule has 19 heavy (non-hydrogen) atoms. The van der Waals surface area contributed by atoms with E-state index in [0.29, 0.717) is 5.69 Å². The van der Waals surface area contributed by atoms with Crippen molar-refractivity contribution in [3.05, 3.63) is 12.0 Å². The molecule has 1 aromatic rings. The van der Waals surface area contributed by atoms with E-state index in [1.165, 1.54) is 0 Å². The Morgan fingerprint density at radius 3 is 2.58 bits per heavy atom. The third-order valence-corrected chi connectivity index (χ3v) is 2.97. The molecule has 1 aliphatic heterocycles. The van der Waals surface area contributed by atoms with E-state index in [0.717, 1.165) is 18.1 Å². The largest absolute Gasteiger partial charge is 0.340 e. The predicted octanol–water partition coefficient (Wildman–Crippen LogP) is 2.76. The maximum absolute atomic E-state index is 12.0. The van der Waals surface area contributed by atoms with E-state index in [2.05, 4.69) is 34.0 Å². The van der Waals surface area contributed by atoms with Crippen molar-refractivity contribution in [1.29, 1.82) is 0 Å². The van der Waals surface area contributed by atoms with Gasteiger partial charge in [-0.25, -0.2) is 9.97 Å². The summed E-state index contributed by atoms with van der Waals surface area (Å²) in [5.74, 6) is 1.58. The van der Waals surface area contributed by atoms with Crippen LogP contribution in [0.5, 0.6) is 0 Å². The van der Waals surface area contributed by atoms with Gasteiger partial charge in [-0.2, -0.15) is 0 Å². The Kier molecular flexibility index (Phi) is 5.27. The van der Waals surface area contributed by atoms with Gasteiger partial charge in [-0.05, 0) is 27.2 Å².